The van der Waals surface area contributed by atoms with Crippen molar-refractivity contribution in [1.82, 2.24) is 5.32 Å². The van der Waals surface area contributed by atoms with Crippen molar-refractivity contribution < 1.29 is 19.0 Å². The molecular weight excluding hydrogens is 296 g/mol. The van der Waals surface area contributed by atoms with Gasteiger partial charge in [0.05, 0.1) is 13.2 Å². The first-order valence-corrected chi connectivity index (χ1v) is 6.64. The molecule has 1 aromatic rings. The lowest BCUT2D eigenvalue weighted by Crippen LogP contribution is -2.45. The summed E-state index contributed by atoms with van der Waals surface area (Å²) >= 11 is 0. The van der Waals surface area contributed by atoms with Crippen molar-refractivity contribution in [3.8, 4) is 5.75 Å². The van der Waals surface area contributed by atoms with E-state index in [1.807, 2.05) is 18.2 Å². The van der Waals surface area contributed by atoms with Crippen LogP contribution < -0.4 is 15.4 Å². The number of benzene rings is 1. The number of anilines is 1. The number of methoxy groups -OCH3 is 1. The largest absolute Gasteiger partial charge is 0.491 e. The molecule has 1 fully saturated rings. The molecular formula is C14H21ClN2O4. The average molecular weight is 317 g/mol. The highest BCUT2D eigenvalue weighted by atomic mass is 35.5. The van der Waals surface area contributed by atoms with Crippen LogP contribution in [0.15, 0.2) is 24.3 Å². The number of hydrogen-bond acceptors (Lipinski definition) is 5. The topological polar surface area (TPSA) is 68.8 Å². The number of amides is 1. The summed E-state index contributed by atoms with van der Waals surface area (Å²) < 4.78 is 15.8. The van der Waals surface area contributed by atoms with Crippen molar-refractivity contribution in [3.05, 3.63) is 24.3 Å². The quantitative estimate of drug-likeness (QED) is 0.768. The third kappa shape index (κ3) is 5.89. The molecule has 2 N–H and O–H groups in total. The van der Waals surface area contributed by atoms with Crippen molar-refractivity contribution >= 4 is 24.0 Å². The first-order chi connectivity index (χ1) is 9.79. The summed E-state index contributed by atoms with van der Waals surface area (Å²) in [5, 5.41) is 5.95. The van der Waals surface area contributed by atoms with Crippen LogP contribution in [0.1, 0.15) is 0 Å². The molecule has 21 heavy (non-hydrogen) atoms. The van der Waals surface area contributed by atoms with Crippen molar-refractivity contribution in [2.24, 2.45) is 0 Å². The van der Waals surface area contributed by atoms with Crippen LogP contribution in [-0.4, -0.2) is 52.0 Å². The maximum Gasteiger partial charge on any atom is 0.254 e. The Labute approximate surface area is 130 Å². The SMILES string of the molecule is COCCOc1cccc(NC(=O)C2CNCCO2)c1.Cl. The van der Waals surface area contributed by atoms with Gasteiger partial charge < -0.3 is 24.8 Å². The molecule has 0 bridgehead atoms. The van der Waals surface area contributed by atoms with Crippen LogP contribution in [0.2, 0.25) is 0 Å². The van der Waals surface area contributed by atoms with Crippen LogP contribution in [0, 0.1) is 0 Å². The lowest BCUT2D eigenvalue weighted by Gasteiger charge is -2.22. The molecule has 2 rings (SSSR count). The number of carbonyl (C=O) groups excluding carboxylic acids is 1. The molecule has 1 aliphatic heterocycles. The Balaban J connectivity index is 0.00000220. The normalized spacial score (nSPS) is 17.7. The molecule has 1 amide bonds. The monoisotopic (exact) mass is 316 g/mol. The van der Waals surface area contributed by atoms with E-state index in [1.54, 1.807) is 13.2 Å². The molecule has 0 saturated carbocycles. The second-order valence-corrected chi connectivity index (χ2v) is 4.42. The van der Waals surface area contributed by atoms with Crippen molar-refractivity contribution in [2.45, 2.75) is 6.10 Å². The van der Waals surface area contributed by atoms with Gasteiger partial charge >= 0.3 is 0 Å². The first-order valence-electron chi connectivity index (χ1n) is 6.64. The summed E-state index contributed by atoms with van der Waals surface area (Å²) in [7, 11) is 1.62. The summed E-state index contributed by atoms with van der Waals surface area (Å²) in [6.07, 6.45) is -0.443. The highest BCUT2D eigenvalue weighted by molar-refractivity contribution is 5.94. The number of halogens is 1. The molecule has 1 atom stereocenters. The van der Waals surface area contributed by atoms with Crippen LogP contribution in [0.3, 0.4) is 0 Å². The minimum Gasteiger partial charge on any atom is -0.491 e. The van der Waals surface area contributed by atoms with Crippen LogP contribution >= 0.6 is 12.4 Å². The lowest BCUT2D eigenvalue weighted by molar-refractivity contribution is -0.128. The maximum absolute atomic E-state index is 12.0. The average Bonchev–Trinajstić information content (AvgIpc) is 2.49. The molecule has 1 unspecified atom stereocenters. The van der Waals surface area contributed by atoms with Gasteiger partial charge in [0, 0.05) is 32.0 Å². The fourth-order valence-corrected chi connectivity index (χ4v) is 1.86. The predicted octanol–water partition coefficient (Wildman–Crippen LogP) is 1.06. The van der Waals surface area contributed by atoms with E-state index in [4.69, 9.17) is 14.2 Å². The van der Waals surface area contributed by atoms with E-state index < -0.39 is 6.10 Å². The Kier molecular flexibility index (Phi) is 8.07. The third-order valence-electron chi connectivity index (χ3n) is 2.88. The number of morpholine rings is 1. The van der Waals surface area contributed by atoms with Crippen LogP contribution in [0.5, 0.6) is 5.75 Å². The fourth-order valence-electron chi connectivity index (χ4n) is 1.86. The first kappa shape index (κ1) is 17.7. The second-order valence-electron chi connectivity index (χ2n) is 4.42. The standard InChI is InChI=1S/C14H20N2O4.ClH/c1-18-7-8-19-12-4-2-3-11(9-12)16-14(17)13-10-15-5-6-20-13;/h2-4,9,13,15H,5-8,10H2,1H3,(H,16,17);1H. The minimum absolute atomic E-state index is 0. The highest BCUT2D eigenvalue weighted by Gasteiger charge is 2.21. The van der Waals surface area contributed by atoms with Gasteiger partial charge in [-0.2, -0.15) is 0 Å². The van der Waals surface area contributed by atoms with Gasteiger partial charge in [-0.15, -0.1) is 12.4 Å². The maximum atomic E-state index is 12.0. The molecule has 6 nitrogen and oxygen atoms in total. The number of carbonyl (C=O) groups is 1. The summed E-state index contributed by atoms with van der Waals surface area (Å²) in [6.45, 7) is 2.88. The molecule has 118 valence electrons. The smallest absolute Gasteiger partial charge is 0.254 e. The molecule has 1 saturated heterocycles. The number of ether oxygens (including phenoxy) is 3. The van der Waals surface area contributed by atoms with Gasteiger partial charge in [-0.1, -0.05) is 6.07 Å². The van der Waals surface area contributed by atoms with E-state index in [1.165, 1.54) is 0 Å². The third-order valence-corrected chi connectivity index (χ3v) is 2.88. The van der Waals surface area contributed by atoms with Gasteiger partial charge in [0.15, 0.2) is 0 Å². The summed E-state index contributed by atoms with van der Waals surface area (Å²) in [6, 6.07) is 7.27. The van der Waals surface area contributed by atoms with Gasteiger partial charge in [-0.05, 0) is 12.1 Å². The van der Waals surface area contributed by atoms with E-state index >= 15 is 0 Å². The van der Waals surface area contributed by atoms with E-state index in [0.717, 1.165) is 6.54 Å². The Bertz CT molecular complexity index is 439. The number of rotatable bonds is 6. The molecule has 1 aromatic carbocycles. The number of nitrogens with one attached hydrogen (secondary N) is 2. The molecule has 0 spiro atoms. The van der Waals surface area contributed by atoms with Gasteiger partial charge in [0.2, 0.25) is 0 Å². The van der Waals surface area contributed by atoms with Crippen LogP contribution in [-0.2, 0) is 14.3 Å². The molecule has 0 aliphatic carbocycles. The van der Waals surface area contributed by atoms with Gasteiger partial charge in [0.1, 0.15) is 18.5 Å². The van der Waals surface area contributed by atoms with Crippen LogP contribution in [0.4, 0.5) is 5.69 Å². The molecule has 7 heteroatoms. The Morgan fingerprint density at radius 1 is 1.48 bits per heavy atom. The Morgan fingerprint density at radius 2 is 2.33 bits per heavy atom. The summed E-state index contributed by atoms with van der Waals surface area (Å²) in [5.74, 6) is 0.550. The molecule has 1 aliphatic rings. The second kappa shape index (κ2) is 9.57. The Hall–Kier alpha value is -1.34. The zero-order chi connectivity index (χ0) is 14.2. The van der Waals surface area contributed by atoms with E-state index in [2.05, 4.69) is 10.6 Å². The lowest BCUT2D eigenvalue weighted by atomic mass is 10.2. The zero-order valence-corrected chi connectivity index (χ0v) is 12.8. The minimum atomic E-state index is -0.443. The number of hydrogen-bond donors (Lipinski definition) is 2. The van der Waals surface area contributed by atoms with Gasteiger partial charge in [-0.25, -0.2) is 0 Å². The molecule has 0 radical (unpaired) electrons. The van der Waals surface area contributed by atoms with Crippen LogP contribution in [0.25, 0.3) is 0 Å². The fraction of sp³-hybridized carbons (Fsp3) is 0.500. The van der Waals surface area contributed by atoms with E-state index in [9.17, 15) is 4.79 Å². The van der Waals surface area contributed by atoms with Crippen molar-refractivity contribution in [1.29, 1.82) is 0 Å². The van der Waals surface area contributed by atoms with E-state index in [0.29, 0.717) is 37.8 Å². The van der Waals surface area contributed by atoms with Gasteiger partial charge in [0.25, 0.3) is 5.91 Å². The van der Waals surface area contributed by atoms with Crippen molar-refractivity contribution in [2.75, 3.05) is 45.3 Å². The predicted molar refractivity (Wildman–Crippen MR) is 82.3 cm³/mol. The summed E-state index contributed by atoms with van der Waals surface area (Å²) in [5.41, 5.74) is 0.694. The highest BCUT2D eigenvalue weighted by Crippen LogP contribution is 2.17. The summed E-state index contributed by atoms with van der Waals surface area (Å²) in [4.78, 5) is 12.0. The van der Waals surface area contributed by atoms with E-state index in [-0.39, 0.29) is 18.3 Å². The molecule has 1 heterocycles. The van der Waals surface area contributed by atoms with Gasteiger partial charge in [-0.3, -0.25) is 4.79 Å². The van der Waals surface area contributed by atoms with Crippen molar-refractivity contribution in [3.63, 3.8) is 0 Å². The zero-order valence-electron chi connectivity index (χ0n) is 12.0. The molecule has 0 aromatic heterocycles. The Morgan fingerprint density at radius 3 is 3.05 bits per heavy atom.